The van der Waals surface area contributed by atoms with E-state index in [9.17, 15) is 18.9 Å². The van der Waals surface area contributed by atoms with E-state index < -0.39 is 16.6 Å². The lowest BCUT2D eigenvalue weighted by molar-refractivity contribution is -0.400. The molecule has 21 heavy (non-hydrogen) atoms. The fraction of sp³-hybridized carbons (Fsp3) is 0.0714. The Balaban J connectivity index is 2.03. The van der Waals surface area contributed by atoms with E-state index in [4.69, 9.17) is 4.74 Å². The molecule has 0 amide bonds. The van der Waals surface area contributed by atoms with Gasteiger partial charge >= 0.3 is 0 Å². The largest absolute Gasteiger partial charge is 0.487 e. The molecule has 0 unspecified atom stereocenters. The van der Waals surface area contributed by atoms with Crippen LogP contribution in [0.3, 0.4) is 0 Å². The number of hydrogen-bond acceptors (Lipinski definition) is 4. The van der Waals surface area contributed by atoms with Crippen LogP contribution in [0.5, 0.6) is 5.75 Å². The summed E-state index contributed by atoms with van der Waals surface area (Å²) in [5.41, 5.74) is 0.577. The predicted octanol–water partition coefficient (Wildman–Crippen LogP) is 3.19. The zero-order valence-electron chi connectivity index (χ0n) is 10.7. The van der Waals surface area contributed by atoms with Gasteiger partial charge < -0.3 is 4.74 Å². The van der Waals surface area contributed by atoms with Crippen LogP contribution in [0.4, 0.5) is 8.78 Å². The quantitative estimate of drug-likeness (QED) is 0.627. The minimum absolute atomic E-state index is 0.0593. The lowest BCUT2D eigenvalue weighted by Crippen LogP contribution is -1.99. The smallest absolute Gasteiger partial charge is 0.235 e. The normalized spacial score (nSPS) is 10.8. The molecule has 0 aliphatic rings. The zero-order valence-corrected chi connectivity index (χ0v) is 10.7. The number of pyridine rings is 1. The van der Waals surface area contributed by atoms with Gasteiger partial charge in [-0.25, -0.2) is 8.78 Å². The number of benzene rings is 1. The summed E-state index contributed by atoms with van der Waals surface area (Å²) in [6.07, 6.45) is 2.77. The molecule has 0 bridgehead atoms. The van der Waals surface area contributed by atoms with Gasteiger partial charge in [-0.05, 0) is 24.3 Å². The van der Waals surface area contributed by atoms with Crippen molar-refractivity contribution in [2.24, 2.45) is 0 Å². The van der Waals surface area contributed by atoms with Crippen molar-refractivity contribution in [2.45, 2.75) is 6.61 Å². The van der Waals surface area contributed by atoms with Crippen LogP contribution < -0.4 is 4.74 Å². The average molecular weight is 292 g/mol. The van der Waals surface area contributed by atoms with E-state index >= 15 is 0 Å². The maximum Gasteiger partial charge on any atom is 0.235 e. The summed E-state index contributed by atoms with van der Waals surface area (Å²) in [6.45, 7) is 0.0593. The maximum absolute atomic E-state index is 13.7. The molecule has 0 radical (unpaired) electrons. The Kier molecular flexibility index (Phi) is 4.55. The third-order valence-corrected chi connectivity index (χ3v) is 2.52. The van der Waals surface area contributed by atoms with Gasteiger partial charge in [-0.3, -0.25) is 15.1 Å². The Morgan fingerprint density at radius 3 is 2.71 bits per heavy atom. The monoisotopic (exact) mass is 292 g/mol. The molecular weight excluding hydrogens is 282 g/mol. The van der Waals surface area contributed by atoms with E-state index in [1.807, 2.05) is 0 Å². The first-order valence-electron chi connectivity index (χ1n) is 5.89. The number of nitrogens with zero attached hydrogens (tertiary/aromatic N) is 2. The van der Waals surface area contributed by atoms with Crippen LogP contribution in [0.2, 0.25) is 0 Å². The Morgan fingerprint density at radius 2 is 2.10 bits per heavy atom. The fourth-order valence-corrected chi connectivity index (χ4v) is 1.52. The van der Waals surface area contributed by atoms with Gasteiger partial charge in [-0.1, -0.05) is 0 Å². The molecule has 0 N–H and O–H groups in total. The van der Waals surface area contributed by atoms with Gasteiger partial charge in [0.25, 0.3) is 0 Å². The van der Waals surface area contributed by atoms with Crippen LogP contribution in [0.15, 0.2) is 42.7 Å². The van der Waals surface area contributed by atoms with E-state index in [0.717, 1.165) is 18.3 Å². The Labute approximate surface area is 118 Å². The molecule has 0 spiro atoms. The predicted molar refractivity (Wildman–Crippen MR) is 71.0 cm³/mol. The summed E-state index contributed by atoms with van der Waals surface area (Å²) >= 11 is 0. The highest BCUT2D eigenvalue weighted by Crippen LogP contribution is 2.18. The van der Waals surface area contributed by atoms with Crippen LogP contribution in [0, 0.1) is 21.7 Å². The van der Waals surface area contributed by atoms with Crippen molar-refractivity contribution in [3.05, 3.63) is 75.7 Å². The minimum atomic E-state index is -0.677. The van der Waals surface area contributed by atoms with Crippen molar-refractivity contribution in [1.29, 1.82) is 0 Å². The molecule has 1 heterocycles. The van der Waals surface area contributed by atoms with E-state index in [1.165, 1.54) is 24.3 Å². The first kappa shape index (κ1) is 14.6. The molecule has 0 saturated carbocycles. The van der Waals surface area contributed by atoms with E-state index in [2.05, 4.69) is 4.98 Å². The maximum atomic E-state index is 13.7. The number of ether oxygens (including phenoxy) is 1. The average Bonchev–Trinajstić information content (AvgIpc) is 2.45. The van der Waals surface area contributed by atoms with Crippen LogP contribution in [0.25, 0.3) is 6.08 Å². The molecule has 0 fully saturated rings. The second-order valence-electron chi connectivity index (χ2n) is 4.04. The highest BCUT2D eigenvalue weighted by Gasteiger charge is 2.04. The molecule has 1 aromatic carbocycles. The topological polar surface area (TPSA) is 65.3 Å². The van der Waals surface area contributed by atoms with Gasteiger partial charge in [-0.15, -0.1) is 0 Å². The van der Waals surface area contributed by atoms with Gasteiger partial charge in [0.05, 0.1) is 16.8 Å². The molecule has 0 saturated heterocycles. The van der Waals surface area contributed by atoms with Gasteiger partial charge in [0, 0.05) is 17.7 Å². The molecule has 2 rings (SSSR count). The van der Waals surface area contributed by atoms with E-state index in [-0.39, 0.29) is 17.9 Å². The van der Waals surface area contributed by atoms with Crippen molar-refractivity contribution in [1.82, 2.24) is 4.98 Å². The standard InChI is InChI=1S/C14H10F2N2O3/c15-11-2-3-12(17-8-11)9-21-13-4-1-10(14(16)7-13)5-6-18(19)20/h1-8H,9H2/b6-5+. The molecule has 2 aromatic rings. The third kappa shape index (κ3) is 4.34. The summed E-state index contributed by atoms with van der Waals surface area (Å²) in [7, 11) is 0. The number of halogens is 2. The molecule has 108 valence electrons. The van der Waals surface area contributed by atoms with Gasteiger partial charge in [0.1, 0.15) is 24.0 Å². The van der Waals surface area contributed by atoms with Crippen LogP contribution in [-0.2, 0) is 6.61 Å². The summed E-state index contributed by atoms with van der Waals surface area (Å²) in [6, 6.07) is 6.66. The van der Waals surface area contributed by atoms with Crippen molar-refractivity contribution in [2.75, 3.05) is 0 Å². The van der Waals surface area contributed by atoms with Crippen molar-refractivity contribution in [3.8, 4) is 5.75 Å². The molecule has 0 aliphatic carbocycles. The summed E-state index contributed by atoms with van der Waals surface area (Å²) in [4.78, 5) is 13.3. The van der Waals surface area contributed by atoms with E-state index in [1.54, 1.807) is 0 Å². The number of rotatable bonds is 5. The van der Waals surface area contributed by atoms with Gasteiger partial charge in [0.15, 0.2) is 0 Å². The number of hydrogen-bond donors (Lipinski definition) is 0. The summed E-state index contributed by atoms with van der Waals surface area (Å²) in [5.74, 6) is -0.846. The lowest BCUT2D eigenvalue weighted by atomic mass is 10.2. The van der Waals surface area contributed by atoms with Gasteiger partial charge in [0.2, 0.25) is 6.20 Å². The van der Waals surface area contributed by atoms with Crippen molar-refractivity contribution >= 4 is 6.08 Å². The number of aromatic nitrogens is 1. The molecule has 7 heteroatoms. The lowest BCUT2D eigenvalue weighted by Gasteiger charge is -2.06. The zero-order chi connectivity index (χ0) is 15.2. The van der Waals surface area contributed by atoms with Crippen molar-refractivity contribution in [3.63, 3.8) is 0 Å². The third-order valence-electron chi connectivity index (χ3n) is 2.52. The van der Waals surface area contributed by atoms with Crippen LogP contribution in [-0.4, -0.2) is 9.91 Å². The highest BCUT2D eigenvalue weighted by molar-refractivity contribution is 5.50. The van der Waals surface area contributed by atoms with E-state index in [0.29, 0.717) is 11.9 Å². The minimum Gasteiger partial charge on any atom is -0.487 e. The SMILES string of the molecule is O=[N+]([O-])/C=C/c1ccc(OCc2ccc(F)cn2)cc1F. The first-order chi connectivity index (χ1) is 10.0. The Morgan fingerprint density at radius 1 is 1.29 bits per heavy atom. The summed E-state index contributed by atoms with van der Waals surface area (Å²) < 4.78 is 31.6. The Bertz CT molecular complexity index is 672. The summed E-state index contributed by atoms with van der Waals surface area (Å²) in [5, 5.41) is 10.2. The Hall–Kier alpha value is -2.83. The molecule has 0 atom stereocenters. The van der Waals surface area contributed by atoms with Crippen LogP contribution >= 0.6 is 0 Å². The highest BCUT2D eigenvalue weighted by atomic mass is 19.1. The van der Waals surface area contributed by atoms with Gasteiger partial charge in [-0.2, -0.15) is 0 Å². The molecule has 1 aromatic heterocycles. The molecular formula is C14H10F2N2O3. The van der Waals surface area contributed by atoms with Crippen molar-refractivity contribution < 1.29 is 18.4 Å². The second-order valence-corrected chi connectivity index (χ2v) is 4.04. The van der Waals surface area contributed by atoms with Crippen LogP contribution in [0.1, 0.15) is 11.3 Å². The molecule has 0 aliphatic heterocycles. The second kappa shape index (κ2) is 6.56. The first-order valence-corrected chi connectivity index (χ1v) is 5.89. The number of nitro groups is 1. The fourth-order valence-electron chi connectivity index (χ4n) is 1.52. The molecule has 5 nitrogen and oxygen atoms in total.